The molecule has 164 valence electrons. The molecule has 1 aromatic carbocycles. The first-order valence-corrected chi connectivity index (χ1v) is 10.5. The van der Waals surface area contributed by atoms with Crippen LogP contribution in [0.2, 0.25) is 0 Å². The summed E-state index contributed by atoms with van der Waals surface area (Å²) in [5.41, 5.74) is 4.01. The Kier molecular flexibility index (Phi) is 4.54. The van der Waals surface area contributed by atoms with Gasteiger partial charge in [-0.1, -0.05) is 11.2 Å². The number of aromatic nitrogens is 4. The van der Waals surface area contributed by atoms with E-state index in [1.165, 1.54) is 0 Å². The predicted octanol–water partition coefficient (Wildman–Crippen LogP) is 4.64. The smallest absolute Gasteiger partial charge is 0.375 e. The zero-order chi connectivity index (χ0) is 22.6. The van der Waals surface area contributed by atoms with Crippen LogP contribution in [-0.4, -0.2) is 37.9 Å². The fourth-order valence-electron chi connectivity index (χ4n) is 4.17. The van der Waals surface area contributed by atoms with Gasteiger partial charge in [0.05, 0.1) is 22.5 Å². The van der Waals surface area contributed by atoms with Crippen LogP contribution in [0.1, 0.15) is 54.6 Å². The van der Waals surface area contributed by atoms with Gasteiger partial charge < -0.3 is 18.6 Å². The van der Waals surface area contributed by atoms with E-state index in [1.807, 2.05) is 69.5 Å². The van der Waals surface area contributed by atoms with Crippen LogP contribution in [0.5, 0.6) is 5.75 Å². The molecule has 0 saturated heterocycles. The van der Waals surface area contributed by atoms with Crippen LogP contribution in [0, 0.1) is 13.8 Å². The highest BCUT2D eigenvalue weighted by Gasteiger charge is 2.35. The summed E-state index contributed by atoms with van der Waals surface area (Å²) in [5, 5.41) is 4.09. The van der Waals surface area contributed by atoms with Crippen molar-refractivity contribution in [1.82, 2.24) is 19.7 Å². The highest BCUT2D eigenvalue weighted by molar-refractivity contribution is 5.97. The average Bonchev–Trinajstić information content (AvgIpc) is 3.30. The molecule has 4 heterocycles. The number of hydrogen-bond donors (Lipinski definition) is 0. The van der Waals surface area contributed by atoms with Crippen LogP contribution >= 0.6 is 0 Å². The first-order chi connectivity index (χ1) is 15.2. The monoisotopic (exact) mass is 432 g/mol. The summed E-state index contributed by atoms with van der Waals surface area (Å²) in [5.74, 6) is 1.09. The largest absolute Gasteiger partial charge is 0.488 e. The lowest BCUT2D eigenvalue weighted by Crippen LogP contribution is -2.30. The zero-order valence-electron chi connectivity index (χ0n) is 18.7. The van der Waals surface area contributed by atoms with Crippen molar-refractivity contribution in [2.75, 3.05) is 6.61 Å². The van der Waals surface area contributed by atoms with Gasteiger partial charge in [-0.05, 0) is 58.9 Å². The fraction of sp³-hybridized carbons (Fsp3) is 0.333. The van der Waals surface area contributed by atoms with E-state index < -0.39 is 11.6 Å². The van der Waals surface area contributed by atoms with E-state index in [0.717, 1.165) is 28.0 Å². The van der Waals surface area contributed by atoms with Crippen LogP contribution in [0.4, 0.5) is 0 Å². The topological polar surface area (TPSA) is 92.3 Å². The van der Waals surface area contributed by atoms with Gasteiger partial charge >= 0.3 is 5.97 Å². The Morgan fingerprint density at radius 2 is 2.00 bits per heavy atom. The van der Waals surface area contributed by atoms with Gasteiger partial charge in [-0.25, -0.2) is 9.78 Å². The minimum Gasteiger partial charge on any atom is -0.488 e. The van der Waals surface area contributed by atoms with Gasteiger partial charge in [-0.2, -0.15) is 0 Å². The standard InChI is InChI=1S/C24H24N4O4/c1-13-19(14(2)32-27-13)15-9-10-17-20-21(15)30-12-18(16-8-6-7-11-25-16)28(20)22(26-17)23(29)31-24(3,4)5/h6-11,18H,12H2,1-5H3/t18-/m1/s1. The predicted molar refractivity (Wildman–Crippen MR) is 118 cm³/mol. The molecule has 0 aliphatic carbocycles. The van der Waals surface area contributed by atoms with Gasteiger partial charge in [0.25, 0.3) is 0 Å². The molecule has 0 unspecified atom stereocenters. The molecule has 0 amide bonds. The molecule has 8 nitrogen and oxygen atoms in total. The first-order valence-electron chi connectivity index (χ1n) is 10.5. The molecular formula is C24H24N4O4. The molecule has 0 spiro atoms. The molecule has 0 fully saturated rings. The number of hydrogen-bond acceptors (Lipinski definition) is 7. The SMILES string of the molecule is Cc1noc(C)c1-c1ccc2nc(C(=O)OC(C)(C)C)n3c2c1OC[C@@H]3c1ccccn1. The van der Waals surface area contributed by atoms with E-state index in [2.05, 4.69) is 15.1 Å². The Balaban J connectivity index is 1.78. The minimum atomic E-state index is -0.647. The lowest BCUT2D eigenvalue weighted by molar-refractivity contribution is 0.00482. The second-order valence-electron chi connectivity index (χ2n) is 8.90. The van der Waals surface area contributed by atoms with Crippen molar-refractivity contribution in [2.45, 2.75) is 46.3 Å². The van der Waals surface area contributed by atoms with Gasteiger partial charge in [0, 0.05) is 11.8 Å². The number of aryl methyl sites for hydroxylation is 2. The Morgan fingerprint density at radius 3 is 2.66 bits per heavy atom. The summed E-state index contributed by atoms with van der Waals surface area (Å²) in [4.78, 5) is 22.3. The molecule has 0 bridgehead atoms. The molecule has 8 heteroatoms. The number of pyridine rings is 1. The van der Waals surface area contributed by atoms with Gasteiger partial charge in [-0.3, -0.25) is 4.98 Å². The molecule has 5 rings (SSSR count). The lowest BCUT2D eigenvalue weighted by Gasteiger charge is -2.28. The maximum atomic E-state index is 13.2. The van der Waals surface area contributed by atoms with Crippen LogP contribution in [0.3, 0.4) is 0 Å². The summed E-state index contributed by atoms with van der Waals surface area (Å²) in [6, 6.07) is 9.18. The fourth-order valence-corrected chi connectivity index (χ4v) is 4.17. The Labute approximate surface area is 185 Å². The van der Waals surface area contributed by atoms with Crippen molar-refractivity contribution < 1.29 is 18.8 Å². The van der Waals surface area contributed by atoms with Gasteiger partial charge in [0.2, 0.25) is 5.82 Å². The molecular weight excluding hydrogens is 408 g/mol. The van der Waals surface area contributed by atoms with Gasteiger partial charge in [0.15, 0.2) is 5.75 Å². The number of imidazole rings is 1. The number of esters is 1. The minimum absolute atomic E-state index is 0.228. The van der Waals surface area contributed by atoms with Crippen molar-refractivity contribution in [3.63, 3.8) is 0 Å². The van der Waals surface area contributed by atoms with Crippen LogP contribution in [0.15, 0.2) is 41.1 Å². The van der Waals surface area contributed by atoms with Crippen molar-refractivity contribution >= 4 is 17.0 Å². The second kappa shape index (κ2) is 7.19. The average molecular weight is 432 g/mol. The van der Waals surface area contributed by atoms with Crippen LogP contribution in [-0.2, 0) is 4.74 Å². The quantitative estimate of drug-likeness (QED) is 0.435. The molecule has 1 atom stereocenters. The molecule has 0 N–H and O–H groups in total. The molecule has 0 saturated carbocycles. The Bertz CT molecular complexity index is 1310. The van der Waals surface area contributed by atoms with Crippen molar-refractivity contribution in [3.05, 3.63) is 59.5 Å². The summed E-state index contributed by atoms with van der Waals surface area (Å²) >= 11 is 0. The summed E-state index contributed by atoms with van der Waals surface area (Å²) in [6.07, 6.45) is 1.73. The van der Waals surface area contributed by atoms with Crippen molar-refractivity contribution in [1.29, 1.82) is 0 Å². The van der Waals surface area contributed by atoms with Crippen LogP contribution < -0.4 is 4.74 Å². The third-order valence-electron chi connectivity index (χ3n) is 5.42. The van der Waals surface area contributed by atoms with E-state index in [-0.39, 0.29) is 11.9 Å². The third kappa shape index (κ3) is 3.23. The number of benzene rings is 1. The second-order valence-corrected chi connectivity index (χ2v) is 8.90. The Hall–Kier alpha value is -3.68. The van der Waals surface area contributed by atoms with Crippen molar-refractivity contribution in [2.24, 2.45) is 0 Å². The van der Waals surface area contributed by atoms with E-state index in [0.29, 0.717) is 23.6 Å². The maximum absolute atomic E-state index is 13.2. The number of ether oxygens (including phenoxy) is 2. The van der Waals surface area contributed by atoms with Crippen LogP contribution in [0.25, 0.3) is 22.2 Å². The lowest BCUT2D eigenvalue weighted by atomic mass is 10.0. The molecule has 0 radical (unpaired) electrons. The molecule has 4 aromatic rings. The summed E-state index contributed by atoms with van der Waals surface area (Å²) in [7, 11) is 0. The van der Waals surface area contributed by atoms with Gasteiger partial charge in [-0.15, -0.1) is 0 Å². The molecule has 3 aromatic heterocycles. The normalized spacial score (nSPS) is 15.6. The van der Waals surface area contributed by atoms with Crippen molar-refractivity contribution in [3.8, 4) is 16.9 Å². The zero-order valence-corrected chi connectivity index (χ0v) is 18.7. The summed E-state index contributed by atoms with van der Waals surface area (Å²) < 4.78 is 19.3. The van der Waals surface area contributed by atoms with E-state index in [9.17, 15) is 4.79 Å². The first kappa shape index (κ1) is 20.2. The van der Waals surface area contributed by atoms with E-state index >= 15 is 0 Å². The Morgan fingerprint density at radius 1 is 1.19 bits per heavy atom. The summed E-state index contributed by atoms with van der Waals surface area (Å²) in [6.45, 7) is 9.57. The third-order valence-corrected chi connectivity index (χ3v) is 5.42. The van der Waals surface area contributed by atoms with E-state index in [1.54, 1.807) is 6.20 Å². The maximum Gasteiger partial charge on any atom is 0.375 e. The van der Waals surface area contributed by atoms with Gasteiger partial charge in [0.1, 0.15) is 29.5 Å². The highest BCUT2D eigenvalue weighted by Crippen LogP contribution is 2.44. The molecule has 1 aliphatic rings. The number of carbonyl (C=O) groups is 1. The molecule has 1 aliphatic heterocycles. The number of rotatable bonds is 3. The molecule has 32 heavy (non-hydrogen) atoms. The highest BCUT2D eigenvalue weighted by atomic mass is 16.6. The number of carbonyl (C=O) groups excluding carboxylic acids is 1. The number of nitrogens with zero attached hydrogens (tertiary/aromatic N) is 4. The van der Waals surface area contributed by atoms with E-state index in [4.69, 9.17) is 14.0 Å².